The van der Waals surface area contributed by atoms with Crippen molar-refractivity contribution in [1.29, 1.82) is 0 Å². The van der Waals surface area contributed by atoms with Gasteiger partial charge in [0.05, 0.1) is 17.5 Å². The Kier molecular flexibility index (Phi) is 3.68. The molecule has 1 aromatic heterocycles. The molecule has 1 aromatic carbocycles. The van der Waals surface area contributed by atoms with E-state index >= 15 is 0 Å². The van der Waals surface area contributed by atoms with Crippen molar-refractivity contribution in [2.75, 3.05) is 0 Å². The van der Waals surface area contributed by atoms with Gasteiger partial charge in [-0.3, -0.25) is 4.68 Å². The molecule has 18 heavy (non-hydrogen) atoms. The largest absolute Gasteiger partial charge is 0.386 e. The van der Waals surface area contributed by atoms with Crippen LogP contribution in [0.15, 0.2) is 24.3 Å². The Bertz CT molecular complexity index is 568. The molecule has 1 heterocycles. The van der Waals surface area contributed by atoms with E-state index in [1.807, 2.05) is 13.0 Å². The van der Waals surface area contributed by atoms with Crippen molar-refractivity contribution >= 4 is 11.6 Å². The van der Waals surface area contributed by atoms with Crippen molar-refractivity contribution in [1.82, 2.24) is 9.78 Å². The summed E-state index contributed by atoms with van der Waals surface area (Å²) in [5.74, 6) is -0.380. The number of aryl methyl sites for hydroxylation is 2. The quantitative estimate of drug-likeness (QED) is 0.930. The van der Waals surface area contributed by atoms with Crippen molar-refractivity contribution in [3.05, 3.63) is 52.1 Å². The number of aliphatic hydroxyl groups is 1. The van der Waals surface area contributed by atoms with E-state index < -0.39 is 6.10 Å². The molecular formula is C13H14ClFN2O. The Morgan fingerprint density at radius 1 is 1.44 bits per heavy atom. The zero-order valence-electron chi connectivity index (χ0n) is 10.2. The first-order chi connectivity index (χ1) is 8.47. The molecule has 0 bridgehead atoms. The monoisotopic (exact) mass is 268 g/mol. The molecule has 2 aromatic rings. The van der Waals surface area contributed by atoms with E-state index in [2.05, 4.69) is 5.10 Å². The lowest BCUT2D eigenvalue weighted by molar-refractivity contribution is 0.168. The first-order valence-corrected chi connectivity index (χ1v) is 5.97. The summed E-state index contributed by atoms with van der Waals surface area (Å²) in [6, 6.07) is 5.99. The maximum absolute atomic E-state index is 12.9. The van der Waals surface area contributed by atoms with Crippen LogP contribution in [-0.2, 0) is 13.5 Å². The van der Waals surface area contributed by atoms with Gasteiger partial charge in [0.1, 0.15) is 5.82 Å². The standard InChI is InChI=1S/C13H14ClFN2O/c1-8-5-12(17(2)16-8)13(18)6-9-3-4-10(15)7-11(9)14/h3-5,7,13,18H,6H2,1-2H3. The molecule has 5 heteroatoms. The van der Waals surface area contributed by atoms with Gasteiger partial charge in [0.15, 0.2) is 0 Å². The summed E-state index contributed by atoms with van der Waals surface area (Å²) in [4.78, 5) is 0. The van der Waals surface area contributed by atoms with Crippen LogP contribution in [0.3, 0.4) is 0 Å². The summed E-state index contributed by atoms with van der Waals surface area (Å²) in [6.45, 7) is 1.86. The normalized spacial score (nSPS) is 12.7. The molecule has 1 N–H and O–H groups in total. The summed E-state index contributed by atoms with van der Waals surface area (Å²) < 4.78 is 14.6. The average Bonchev–Trinajstić information content (AvgIpc) is 2.62. The summed E-state index contributed by atoms with van der Waals surface area (Å²) in [7, 11) is 1.78. The van der Waals surface area contributed by atoms with Gasteiger partial charge in [-0.25, -0.2) is 4.39 Å². The van der Waals surface area contributed by atoms with Crippen LogP contribution in [0.25, 0.3) is 0 Å². The highest BCUT2D eigenvalue weighted by Crippen LogP contribution is 2.24. The van der Waals surface area contributed by atoms with E-state index in [9.17, 15) is 9.50 Å². The van der Waals surface area contributed by atoms with Crippen molar-refractivity contribution in [2.24, 2.45) is 7.05 Å². The van der Waals surface area contributed by atoms with Crippen molar-refractivity contribution in [3.8, 4) is 0 Å². The van der Waals surface area contributed by atoms with Crippen LogP contribution in [0.2, 0.25) is 5.02 Å². The van der Waals surface area contributed by atoms with Crippen molar-refractivity contribution < 1.29 is 9.50 Å². The second kappa shape index (κ2) is 5.08. The van der Waals surface area contributed by atoms with Crippen LogP contribution in [0.1, 0.15) is 23.1 Å². The lowest BCUT2D eigenvalue weighted by atomic mass is 10.1. The molecule has 0 spiro atoms. The van der Waals surface area contributed by atoms with Gasteiger partial charge >= 0.3 is 0 Å². The predicted octanol–water partition coefficient (Wildman–Crippen LogP) is 2.80. The highest BCUT2D eigenvalue weighted by Gasteiger charge is 2.15. The number of hydrogen-bond acceptors (Lipinski definition) is 2. The molecule has 96 valence electrons. The maximum atomic E-state index is 12.9. The fraction of sp³-hybridized carbons (Fsp3) is 0.308. The third kappa shape index (κ3) is 2.71. The highest BCUT2D eigenvalue weighted by atomic mass is 35.5. The third-order valence-corrected chi connectivity index (χ3v) is 3.16. The van der Waals surface area contributed by atoms with E-state index in [0.29, 0.717) is 22.7 Å². The second-order valence-electron chi connectivity index (χ2n) is 4.29. The minimum absolute atomic E-state index is 0.327. The summed E-state index contributed by atoms with van der Waals surface area (Å²) >= 11 is 5.93. The molecule has 2 rings (SSSR count). The molecule has 0 amide bonds. The van der Waals surface area contributed by atoms with E-state index in [-0.39, 0.29) is 5.82 Å². The van der Waals surface area contributed by atoms with Crippen LogP contribution >= 0.6 is 11.6 Å². The van der Waals surface area contributed by atoms with Crippen LogP contribution in [0, 0.1) is 12.7 Å². The summed E-state index contributed by atoms with van der Waals surface area (Å²) in [5, 5.41) is 14.6. The Hall–Kier alpha value is -1.39. The van der Waals surface area contributed by atoms with Crippen LogP contribution in [-0.4, -0.2) is 14.9 Å². The second-order valence-corrected chi connectivity index (χ2v) is 4.70. The first-order valence-electron chi connectivity index (χ1n) is 5.60. The van der Waals surface area contributed by atoms with Gasteiger partial charge in [-0.15, -0.1) is 0 Å². The number of halogens is 2. The zero-order chi connectivity index (χ0) is 13.3. The molecule has 0 aliphatic carbocycles. The van der Waals surface area contributed by atoms with E-state index in [1.165, 1.54) is 12.1 Å². The molecule has 0 radical (unpaired) electrons. The van der Waals surface area contributed by atoms with Crippen molar-refractivity contribution in [3.63, 3.8) is 0 Å². The third-order valence-electron chi connectivity index (χ3n) is 2.81. The number of rotatable bonds is 3. The molecule has 0 aliphatic rings. The van der Waals surface area contributed by atoms with Crippen LogP contribution < -0.4 is 0 Å². The predicted molar refractivity (Wildman–Crippen MR) is 68.0 cm³/mol. The summed E-state index contributed by atoms with van der Waals surface area (Å²) in [6.07, 6.45) is -0.378. The number of nitrogens with zero attached hydrogens (tertiary/aromatic N) is 2. The Morgan fingerprint density at radius 3 is 2.72 bits per heavy atom. The molecule has 0 saturated carbocycles. The van der Waals surface area contributed by atoms with Crippen molar-refractivity contribution in [2.45, 2.75) is 19.4 Å². The molecule has 0 fully saturated rings. The van der Waals surface area contributed by atoms with Gasteiger partial charge in [-0.05, 0) is 30.7 Å². The van der Waals surface area contributed by atoms with E-state index in [0.717, 1.165) is 5.69 Å². The molecular weight excluding hydrogens is 255 g/mol. The SMILES string of the molecule is Cc1cc(C(O)Cc2ccc(F)cc2Cl)n(C)n1. The first kappa shape index (κ1) is 13.1. The highest BCUT2D eigenvalue weighted by molar-refractivity contribution is 6.31. The Labute approximate surface area is 110 Å². The van der Waals surface area contributed by atoms with Gasteiger partial charge in [-0.1, -0.05) is 17.7 Å². The van der Waals surface area contributed by atoms with E-state index in [4.69, 9.17) is 11.6 Å². The van der Waals surface area contributed by atoms with Gasteiger partial charge < -0.3 is 5.11 Å². The number of benzene rings is 1. The van der Waals surface area contributed by atoms with Gasteiger partial charge in [-0.2, -0.15) is 5.10 Å². The smallest absolute Gasteiger partial charge is 0.124 e. The van der Waals surface area contributed by atoms with Gasteiger partial charge in [0, 0.05) is 18.5 Å². The Balaban J connectivity index is 2.21. The molecule has 1 unspecified atom stereocenters. The lowest BCUT2D eigenvalue weighted by Gasteiger charge is -2.12. The summed E-state index contributed by atoms with van der Waals surface area (Å²) in [5.41, 5.74) is 2.27. The van der Waals surface area contributed by atoms with Crippen LogP contribution in [0.5, 0.6) is 0 Å². The van der Waals surface area contributed by atoms with Gasteiger partial charge in [0.25, 0.3) is 0 Å². The molecule has 0 aliphatic heterocycles. The average molecular weight is 269 g/mol. The number of hydrogen-bond donors (Lipinski definition) is 1. The molecule has 3 nitrogen and oxygen atoms in total. The topological polar surface area (TPSA) is 38.0 Å². The number of aromatic nitrogens is 2. The maximum Gasteiger partial charge on any atom is 0.124 e. The fourth-order valence-corrected chi connectivity index (χ4v) is 2.19. The zero-order valence-corrected chi connectivity index (χ0v) is 10.9. The molecule has 0 saturated heterocycles. The van der Waals surface area contributed by atoms with E-state index in [1.54, 1.807) is 17.8 Å². The van der Waals surface area contributed by atoms with Gasteiger partial charge in [0.2, 0.25) is 0 Å². The number of aliphatic hydroxyl groups excluding tert-OH is 1. The fourth-order valence-electron chi connectivity index (χ4n) is 1.94. The minimum Gasteiger partial charge on any atom is -0.386 e. The van der Waals surface area contributed by atoms with Crippen LogP contribution in [0.4, 0.5) is 4.39 Å². The lowest BCUT2D eigenvalue weighted by Crippen LogP contribution is -2.08. The molecule has 1 atom stereocenters. The Morgan fingerprint density at radius 2 is 2.17 bits per heavy atom. The minimum atomic E-state index is -0.709.